The molecule has 0 atom stereocenters. The number of carbonyl (C=O) groups is 1. The summed E-state index contributed by atoms with van der Waals surface area (Å²) in [6.07, 6.45) is 1.55. The Kier molecular flexibility index (Phi) is 3.35. The second kappa shape index (κ2) is 4.34. The van der Waals surface area contributed by atoms with Crippen molar-refractivity contribution in [2.45, 2.75) is 33.6 Å². The largest absolute Gasteiger partial charge is 0.507 e. The molecule has 0 saturated heterocycles. The summed E-state index contributed by atoms with van der Waals surface area (Å²) in [5.41, 5.74) is 8.14. The molecule has 0 aromatic heterocycles. The van der Waals surface area contributed by atoms with Crippen molar-refractivity contribution < 1.29 is 9.90 Å². The number of benzene rings is 1. The minimum Gasteiger partial charge on any atom is -0.507 e. The predicted octanol–water partition coefficient (Wildman–Crippen LogP) is 1.92. The van der Waals surface area contributed by atoms with Crippen LogP contribution in [0.5, 0.6) is 5.75 Å². The van der Waals surface area contributed by atoms with Crippen molar-refractivity contribution in [1.82, 2.24) is 0 Å². The van der Waals surface area contributed by atoms with Crippen molar-refractivity contribution in [2.75, 3.05) is 0 Å². The van der Waals surface area contributed by atoms with Gasteiger partial charge in [0.15, 0.2) is 0 Å². The van der Waals surface area contributed by atoms with Crippen LogP contribution in [0.15, 0.2) is 6.07 Å². The van der Waals surface area contributed by atoms with E-state index < -0.39 is 5.91 Å². The first-order valence-electron chi connectivity index (χ1n) is 5.17. The molecule has 1 rings (SSSR count). The lowest BCUT2D eigenvalue weighted by molar-refractivity contribution is 0.0997. The molecular formula is C12H17NO2. The summed E-state index contributed by atoms with van der Waals surface area (Å²) >= 11 is 0. The molecule has 0 saturated carbocycles. The highest BCUT2D eigenvalue weighted by Crippen LogP contribution is 2.29. The molecule has 0 bridgehead atoms. The van der Waals surface area contributed by atoms with E-state index in [1.165, 1.54) is 0 Å². The maximum absolute atomic E-state index is 11.2. The van der Waals surface area contributed by atoms with Gasteiger partial charge < -0.3 is 10.8 Å². The number of amides is 1. The highest BCUT2D eigenvalue weighted by molar-refractivity contribution is 5.97. The van der Waals surface area contributed by atoms with Gasteiger partial charge in [-0.25, -0.2) is 0 Å². The van der Waals surface area contributed by atoms with Crippen LogP contribution >= 0.6 is 0 Å². The summed E-state index contributed by atoms with van der Waals surface area (Å²) in [4.78, 5) is 11.2. The lowest BCUT2D eigenvalue weighted by atomic mass is 9.94. The minimum atomic E-state index is -0.567. The van der Waals surface area contributed by atoms with E-state index in [2.05, 4.69) is 0 Å². The van der Waals surface area contributed by atoms with Crippen LogP contribution in [0, 0.1) is 6.92 Å². The van der Waals surface area contributed by atoms with Crippen LogP contribution in [0.4, 0.5) is 0 Å². The number of phenols is 1. The number of hydrogen-bond acceptors (Lipinski definition) is 2. The van der Waals surface area contributed by atoms with Gasteiger partial charge in [-0.05, 0) is 36.5 Å². The first-order valence-corrected chi connectivity index (χ1v) is 5.17. The van der Waals surface area contributed by atoms with Gasteiger partial charge in [-0.15, -0.1) is 0 Å². The fourth-order valence-electron chi connectivity index (χ4n) is 1.93. The summed E-state index contributed by atoms with van der Waals surface area (Å²) in [6.45, 7) is 5.77. The van der Waals surface area contributed by atoms with E-state index in [4.69, 9.17) is 5.73 Å². The SMILES string of the molecule is CCc1cc(C)c(C(N)=O)c(O)c1CC. The zero-order chi connectivity index (χ0) is 11.6. The van der Waals surface area contributed by atoms with Crippen molar-refractivity contribution in [3.8, 4) is 5.75 Å². The molecule has 1 amide bonds. The molecule has 3 nitrogen and oxygen atoms in total. The maximum atomic E-state index is 11.2. The monoisotopic (exact) mass is 207 g/mol. The average molecular weight is 207 g/mol. The van der Waals surface area contributed by atoms with Gasteiger partial charge in [0.05, 0.1) is 5.56 Å². The van der Waals surface area contributed by atoms with E-state index in [0.717, 1.165) is 23.1 Å². The van der Waals surface area contributed by atoms with E-state index in [-0.39, 0.29) is 11.3 Å². The van der Waals surface area contributed by atoms with E-state index in [0.29, 0.717) is 6.42 Å². The van der Waals surface area contributed by atoms with Crippen LogP contribution in [0.25, 0.3) is 0 Å². The van der Waals surface area contributed by atoms with Crippen molar-refractivity contribution in [3.63, 3.8) is 0 Å². The molecule has 3 heteroatoms. The molecule has 0 aliphatic heterocycles. The number of carbonyl (C=O) groups excluding carboxylic acids is 1. The summed E-state index contributed by atoms with van der Waals surface area (Å²) in [5, 5.41) is 9.95. The van der Waals surface area contributed by atoms with E-state index >= 15 is 0 Å². The Morgan fingerprint density at radius 3 is 2.40 bits per heavy atom. The van der Waals surface area contributed by atoms with Gasteiger partial charge in [0.1, 0.15) is 5.75 Å². The number of hydrogen-bond donors (Lipinski definition) is 2. The number of primary amides is 1. The van der Waals surface area contributed by atoms with Crippen molar-refractivity contribution in [2.24, 2.45) is 5.73 Å². The molecule has 3 N–H and O–H groups in total. The van der Waals surface area contributed by atoms with Crippen molar-refractivity contribution in [1.29, 1.82) is 0 Å². The first kappa shape index (κ1) is 11.6. The van der Waals surface area contributed by atoms with Crippen LogP contribution in [-0.4, -0.2) is 11.0 Å². The standard InChI is InChI=1S/C12H17NO2/c1-4-8-6-7(3)10(12(13)15)11(14)9(8)5-2/h6,14H,4-5H2,1-3H3,(H2,13,15). The second-order valence-electron chi connectivity index (χ2n) is 3.63. The Hall–Kier alpha value is -1.51. The summed E-state index contributed by atoms with van der Waals surface area (Å²) in [7, 11) is 0. The lowest BCUT2D eigenvalue weighted by Gasteiger charge is -2.13. The molecule has 0 fully saturated rings. The molecule has 0 spiro atoms. The van der Waals surface area contributed by atoms with Gasteiger partial charge in [-0.3, -0.25) is 4.79 Å². The average Bonchev–Trinajstić information content (AvgIpc) is 2.16. The zero-order valence-corrected chi connectivity index (χ0v) is 9.42. The summed E-state index contributed by atoms with van der Waals surface area (Å²) in [6, 6.07) is 1.93. The highest BCUT2D eigenvalue weighted by atomic mass is 16.3. The first-order chi connectivity index (χ1) is 7.02. The van der Waals surface area contributed by atoms with Crippen LogP contribution < -0.4 is 5.73 Å². The third-order valence-electron chi connectivity index (χ3n) is 2.68. The molecule has 15 heavy (non-hydrogen) atoms. The van der Waals surface area contributed by atoms with Crippen LogP contribution in [0.1, 0.15) is 40.9 Å². The van der Waals surface area contributed by atoms with Crippen molar-refractivity contribution >= 4 is 5.91 Å². The third-order valence-corrected chi connectivity index (χ3v) is 2.68. The molecule has 0 radical (unpaired) electrons. The molecule has 0 aliphatic rings. The van der Waals surface area contributed by atoms with Crippen molar-refractivity contribution in [3.05, 3.63) is 28.3 Å². The van der Waals surface area contributed by atoms with Crippen LogP contribution in [-0.2, 0) is 12.8 Å². The minimum absolute atomic E-state index is 0.0573. The van der Waals surface area contributed by atoms with Crippen LogP contribution in [0.2, 0.25) is 0 Å². The Morgan fingerprint density at radius 2 is 2.00 bits per heavy atom. The lowest BCUT2D eigenvalue weighted by Crippen LogP contribution is -2.14. The number of rotatable bonds is 3. The van der Waals surface area contributed by atoms with Gasteiger partial charge in [0.25, 0.3) is 5.91 Å². The number of aromatic hydroxyl groups is 1. The molecule has 1 aromatic rings. The van der Waals surface area contributed by atoms with E-state index in [1.54, 1.807) is 6.92 Å². The topological polar surface area (TPSA) is 63.3 Å². The van der Waals surface area contributed by atoms with E-state index in [9.17, 15) is 9.90 Å². The van der Waals surface area contributed by atoms with E-state index in [1.807, 2.05) is 19.9 Å². The predicted molar refractivity (Wildman–Crippen MR) is 60.1 cm³/mol. The molecule has 0 aliphatic carbocycles. The Labute approximate surface area is 89.9 Å². The van der Waals surface area contributed by atoms with Gasteiger partial charge >= 0.3 is 0 Å². The van der Waals surface area contributed by atoms with Gasteiger partial charge in [-0.2, -0.15) is 0 Å². The molecular weight excluding hydrogens is 190 g/mol. The zero-order valence-electron chi connectivity index (χ0n) is 9.42. The smallest absolute Gasteiger partial charge is 0.252 e. The van der Waals surface area contributed by atoms with Gasteiger partial charge in [0, 0.05) is 0 Å². The fraction of sp³-hybridized carbons (Fsp3) is 0.417. The Morgan fingerprint density at radius 1 is 1.40 bits per heavy atom. The summed E-state index contributed by atoms with van der Waals surface area (Å²) in [5.74, 6) is -0.510. The highest BCUT2D eigenvalue weighted by Gasteiger charge is 2.16. The fourth-order valence-corrected chi connectivity index (χ4v) is 1.93. The third kappa shape index (κ3) is 1.96. The second-order valence-corrected chi connectivity index (χ2v) is 3.63. The Bertz CT molecular complexity index is 397. The van der Waals surface area contributed by atoms with Crippen LogP contribution in [0.3, 0.4) is 0 Å². The molecule has 0 unspecified atom stereocenters. The molecule has 0 heterocycles. The maximum Gasteiger partial charge on any atom is 0.252 e. The quantitative estimate of drug-likeness (QED) is 0.795. The number of nitrogens with two attached hydrogens (primary N) is 1. The van der Waals surface area contributed by atoms with Gasteiger partial charge in [-0.1, -0.05) is 19.9 Å². The Balaban J connectivity index is 3.51. The molecule has 1 aromatic carbocycles. The number of aryl methyl sites for hydroxylation is 2. The molecule has 82 valence electrons. The normalized spacial score (nSPS) is 10.3. The van der Waals surface area contributed by atoms with Gasteiger partial charge in [0.2, 0.25) is 0 Å². The summed E-state index contributed by atoms with van der Waals surface area (Å²) < 4.78 is 0.